The van der Waals surface area contributed by atoms with Gasteiger partial charge in [0.15, 0.2) is 0 Å². The fourth-order valence-corrected chi connectivity index (χ4v) is 2.23. The van der Waals surface area contributed by atoms with E-state index in [1.165, 1.54) is 11.1 Å². The van der Waals surface area contributed by atoms with Crippen LogP contribution in [0.1, 0.15) is 50.2 Å². The summed E-state index contributed by atoms with van der Waals surface area (Å²) in [5.41, 5.74) is 3.61. The van der Waals surface area contributed by atoms with Crippen LogP contribution in [0.4, 0.5) is 0 Å². The molecule has 1 aromatic rings. The molecule has 1 aliphatic rings. The average molecular weight is 217 g/mol. The first kappa shape index (κ1) is 11.2. The first-order valence-electron chi connectivity index (χ1n) is 5.92. The van der Waals surface area contributed by atoms with E-state index in [1.54, 1.807) is 0 Å². The largest absolute Gasteiger partial charge is 0.411 e. The van der Waals surface area contributed by atoms with Crippen molar-refractivity contribution in [2.75, 3.05) is 0 Å². The van der Waals surface area contributed by atoms with Crippen molar-refractivity contribution < 1.29 is 5.21 Å². The van der Waals surface area contributed by atoms with E-state index < -0.39 is 0 Å². The number of nitrogens with zero attached hydrogens (tertiary/aromatic N) is 1. The van der Waals surface area contributed by atoms with E-state index >= 15 is 0 Å². The van der Waals surface area contributed by atoms with Gasteiger partial charge in [0.25, 0.3) is 0 Å². The van der Waals surface area contributed by atoms with Gasteiger partial charge in [0, 0.05) is 5.92 Å². The average Bonchev–Trinajstić information content (AvgIpc) is 3.08. The number of benzene rings is 1. The van der Waals surface area contributed by atoms with Crippen LogP contribution in [0.3, 0.4) is 0 Å². The Labute approximate surface area is 97.0 Å². The van der Waals surface area contributed by atoms with Crippen LogP contribution >= 0.6 is 0 Å². The van der Waals surface area contributed by atoms with Gasteiger partial charge in [-0.3, -0.25) is 0 Å². The fourth-order valence-electron chi connectivity index (χ4n) is 2.23. The van der Waals surface area contributed by atoms with E-state index in [0.29, 0.717) is 17.8 Å². The molecule has 0 aliphatic heterocycles. The Balaban J connectivity index is 2.08. The first-order valence-corrected chi connectivity index (χ1v) is 5.92. The zero-order valence-electron chi connectivity index (χ0n) is 10.1. The lowest BCUT2D eigenvalue weighted by Gasteiger charge is -2.06. The summed E-state index contributed by atoms with van der Waals surface area (Å²) < 4.78 is 0. The third-order valence-corrected chi connectivity index (χ3v) is 3.52. The second-order valence-electron chi connectivity index (χ2n) is 5.01. The van der Waals surface area contributed by atoms with Gasteiger partial charge in [-0.1, -0.05) is 43.3 Å². The molecular weight excluding hydrogens is 198 g/mol. The molecule has 0 spiro atoms. The first-order chi connectivity index (χ1) is 7.63. The van der Waals surface area contributed by atoms with E-state index in [2.05, 4.69) is 43.3 Å². The van der Waals surface area contributed by atoms with Gasteiger partial charge in [0.05, 0.1) is 5.71 Å². The molecule has 1 aliphatic carbocycles. The van der Waals surface area contributed by atoms with Crippen molar-refractivity contribution in [3.8, 4) is 0 Å². The molecule has 2 rings (SSSR count). The van der Waals surface area contributed by atoms with Crippen molar-refractivity contribution in [2.45, 2.75) is 39.0 Å². The molecule has 0 aromatic heterocycles. The highest BCUT2D eigenvalue weighted by molar-refractivity contribution is 5.87. The van der Waals surface area contributed by atoms with E-state index in [-0.39, 0.29) is 0 Å². The Morgan fingerprint density at radius 2 is 1.94 bits per heavy atom. The molecule has 2 heteroatoms. The fraction of sp³-hybridized carbons (Fsp3) is 0.500. The van der Waals surface area contributed by atoms with Gasteiger partial charge >= 0.3 is 0 Å². The highest BCUT2D eigenvalue weighted by Gasteiger charge is 2.40. The monoisotopic (exact) mass is 217 g/mol. The molecule has 1 aromatic carbocycles. The van der Waals surface area contributed by atoms with E-state index in [4.69, 9.17) is 5.21 Å². The predicted molar refractivity (Wildman–Crippen MR) is 66.3 cm³/mol. The van der Waals surface area contributed by atoms with Crippen LogP contribution in [0.25, 0.3) is 0 Å². The molecule has 2 unspecified atom stereocenters. The number of oxime groups is 1. The Kier molecular flexibility index (Phi) is 2.99. The van der Waals surface area contributed by atoms with Crippen molar-refractivity contribution in [1.82, 2.24) is 0 Å². The summed E-state index contributed by atoms with van der Waals surface area (Å²) >= 11 is 0. The maximum Gasteiger partial charge on any atom is 0.0577 e. The van der Waals surface area contributed by atoms with Crippen LogP contribution in [-0.4, -0.2) is 10.9 Å². The lowest BCUT2D eigenvalue weighted by molar-refractivity contribution is 0.316. The van der Waals surface area contributed by atoms with Gasteiger partial charge < -0.3 is 5.21 Å². The minimum Gasteiger partial charge on any atom is -0.411 e. The molecule has 0 amide bonds. The number of hydrogen-bond acceptors (Lipinski definition) is 2. The normalized spacial score (nSPS) is 24.9. The van der Waals surface area contributed by atoms with E-state index in [9.17, 15) is 0 Å². The van der Waals surface area contributed by atoms with Gasteiger partial charge in [0.1, 0.15) is 0 Å². The lowest BCUT2D eigenvalue weighted by atomic mass is 9.99. The Hall–Kier alpha value is -1.31. The third kappa shape index (κ3) is 2.11. The molecule has 0 bridgehead atoms. The minimum absolute atomic E-state index is 0.454. The Morgan fingerprint density at radius 1 is 1.31 bits per heavy atom. The Bertz CT molecular complexity index is 392. The molecule has 0 radical (unpaired) electrons. The summed E-state index contributed by atoms with van der Waals surface area (Å²) in [6, 6.07) is 8.84. The minimum atomic E-state index is 0.454. The van der Waals surface area contributed by atoms with Crippen molar-refractivity contribution in [1.29, 1.82) is 0 Å². The standard InChI is InChI=1S/C14H19NO/c1-9(2)11-4-6-12(7-5-11)14-8-13(14)10(3)15-16/h4-7,9,13-14,16H,8H2,1-3H3/b15-10+. The van der Waals surface area contributed by atoms with Crippen LogP contribution in [0.2, 0.25) is 0 Å². The highest BCUT2D eigenvalue weighted by atomic mass is 16.4. The van der Waals surface area contributed by atoms with Crippen LogP contribution in [0, 0.1) is 5.92 Å². The van der Waals surface area contributed by atoms with Gasteiger partial charge in [0.2, 0.25) is 0 Å². The summed E-state index contributed by atoms with van der Waals surface area (Å²) in [5, 5.41) is 12.0. The molecule has 0 heterocycles. The SMILES string of the molecule is C/C(=N\O)C1CC1c1ccc(C(C)C)cc1. The predicted octanol–water partition coefficient (Wildman–Crippen LogP) is 3.76. The summed E-state index contributed by atoms with van der Waals surface area (Å²) in [4.78, 5) is 0. The van der Waals surface area contributed by atoms with Crippen LogP contribution < -0.4 is 0 Å². The second kappa shape index (κ2) is 4.28. The molecule has 1 N–H and O–H groups in total. The maximum absolute atomic E-state index is 8.71. The number of rotatable bonds is 3. The summed E-state index contributed by atoms with van der Waals surface area (Å²) in [6.07, 6.45) is 1.12. The van der Waals surface area contributed by atoms with E-state index in [0.717, 1.165) is 12.1 Å². The van der Waals surface area contributed by atoms with Crippen LogP contribution in [-0.2, 0) is 0 Å². The zero-order chi connectivity index (χ0) is 11.7. The van der Waals surface area contributed by atoms with Gasteiger partial charge in [-0.2, -0.15) is 0 Å². The summed E-state index contributed by atoms with van der Waals surface area (Å²) in [6.45, 7) is 6.31. The maximum atomic E-state index is 8.71. The molecule has 2 atom stereocenters. The van der Waals surface area contributed by atoms with Crippen molar-refractivity contribution >= 4 is 5.71 Å². The quantitative estimate of drug-likeness (QED) is 0.466. The van der Waals surface area contributed by atoms with Crippen LogP contribution in [0.15, 0.2) is 29.4 Å². The second-order valence-corrected chi connectivity index (χ2v) is 5.01. The summed E-state index contributed by atoms with van der Waals surface area (Å²) in [7, 11) is 0. The van der Waals surface area contributed by atoms with Gasteiger partial charge in [-0.05, 0) is 36.3 Å². The summed E-state index contributed by atoms with van der Waals surface area (Å²) in [5.74, 6) is 1.61. The highest BCUT2D eigenvalue weighted by Crippen LogP contribution is 2.48. The van der Waals surface area contributed by atoms with Gasteiger partial charge in [-0.15, -0.1) is 0 Å². The molecule has 2 nitrogen and oxygen atoms in total. The van der Waals surface area contributed by atoms with Gasteiger partial charge in [-0.25, -0.2) is 0 Å². The zero-order valence-corrected chi connectivity index (χ0v) is 10.1. The molecule has 16 heavy (non-hydrogen) atoms. The third-order valence-electron chi connectivity index (χ3n) is 3.52. The van der Waals surface area contributed by atoms with Crippen molar-refractivity contribution in [3.63, 3.8) is 0 Å². The topological polar surface area (TPSA) is 32.6 Å². The molecular formula is C14H19NO. The van der Waals surface area contributed by atoms with E-state index in [1.807, 2.05) is 6.92 Å². The van der Waals surface area contributed by atoms with Crippen LogP contribution in [0.5, 0.6) is 0 Å². The van der Waals surface area contributed by atoms with Crippen molar-refractivity contribution in [2.24, 2.45) is 11.1 Å². The van der Waals surface area contributed by atoms with Crippen molar-refractivity contribution in [3.05, 3.63) is 35.4 Å². The lowest BCUT2D eigenvalue weighted by Crippen LogP contribution is -1.96. The molecule has 1 saturated carbocycles. The molecule has 0 saturated heterocycles. The smallest absolute Gasteiger partial charge is 0.0577 e. The number of hydrogen-bond donors (Lipinski definition) is 1. The molecule has 1 fully saturated rings. The Morgan fingerprint density at radius 3 is 2.44 bits per heavy atom. The molecule has 86 valence electrons.